The molecule has 2 aliphatic rings. The first kappa shape index (κ1) is 35.9. The maximum absolute atomic E-state index is 5.19. The minimum Gasteiger partial charge on any atom is -0.208 e. The summed E-state index contributed by atoms with van der Waals surface area (Å²) in [7, 11) is 0. The number of nitrogens with zero attached hydrogens (tertiary/aromatic N) is 3. The van der Waals surface area contributed by atoms with E-state index in [0.29, 0.717) is 17.5 Å². The Balaban J connectivity index is 0.990. The van der Waals surface area contributed by atoms with Crippen molar-refractivity contribution in [2.75, 3.05) is 0 Å². The largest absolute Gasteiger partial charge is 0.208 e. The molecule has 0 radical (unpaired) electrons. The third-order valence-corrected chi connectivity index (χ3v) is 14.6. The number of fused-ring (bicyclic) bond motifs is 9. The highest BCUT2D eigenvalue weighted by molar-refractivity contribution is 7.26. The molecule has 2 heterocycles. The molecule has 2 aliphatic carbocycles. The molecule has 0 atom stereocenters. The van der Waals surface area contributed by atoms with E-state index in [0.717, 1.165) is 22.3 Å². The van der Waals surface area contributed by atoms with Crippen LogP contribution in [0.15, 0.2) is 176 Å². The summed E-state index contributed by atoms with van der Waals surface area (Å²) in [5, 5.41) is 2.45. The van der Waals surface area contributed by atoms with Gasteiger partial charge in [-0.05, 0) is 97.1 Å². The SMILES string of the molecule is CC1(C)c2ccccc2-c2cc3c(cc21)-c1c(-c2ccc4sc5c(-c6nc(-c7ccccc7)nc(-c7ccc(-c8ccccc8)cc7)n6)cccc5c4c2)cccc1C3(C)C. The van der Waals surface area contributed by atoms with Gasteiger partial charge in [-0.25, -0.2) is 15.0 Å². The highest BCUT2D eigenvalue weighted by Crippen LogP contribution is 2.58. The summed E-state index contributed by atoms with van der Waals surface area (Å²) in [6.45, 7) is 9.55. The minimum absolute atomic E-state index is 0.0663. The van der Waals surface area contributed by atoms with E-state index in [4.69, 9.17) is 15.0 Å². The van der Waals surface area contributed by atoms with Crippen LogP contribution in [0.2, 0.25) is 0 Å². The van der Waals surface area contributed by atoms with E-state index in [-0.39, 0.29) is 10.8 Å². The molecule has 0 unspecified atom stereocenters. The fraction of sp³-hybridized carbons (Fsp3) is 0.105. The van der Waals surface area contributed by atoms with Gasteiger partial charge in [0.25, 0.3) is 0 Å². The Morgan fingerprint density at radius 3 is 1.64 bits per heavy atom. The molecule has 0 N–H and O–H groups in total. The second kappa shape index (κ2) is 13.2. The monoisotopic (exact) mass is 799 g/mol. The molecular formula is C57H41N3S. The number of hydrogen-bond donors (Lipinski definition) is 0. The Hall–Kier alpha value is -7.01. The molecule has 0 saturated carbocycles. The standard InChI is InChI=1S/C57H41N3S/c1-56(2)46-23-12-11-19-40(46)43-32-49-45(33-48(43)56)51-39(20-14-24-47(51)57(49,3)4)38-29-30-50-44(31-38)41-21-13-22-42(52(41)61-50)55-59-53(36-17-9-6-10-18-36)58-54(60-55)37-27-25-35(26-28-37)34-15-7-5-8-16-34/h5-33H,1-4H3. The summed E-state index contributed by atoms with van der Waals surface area (Å²) in [4.78, 5) is 15.4. The van der Waals surface area contributed by atoms with Gasteiger partial charge in [0.05, 0.1) is 0 Å². The molecule has 0 fully saturated rings. The zero-order valence-corrected chi connectivity index (χ0v) is 35.3. The zero-order valence-electron chi connectivity index (χ0n) is 34.5. The lowest BCUT2D eigenvalue weighted by Gasteiger charge is -2.24. The lowest BCUT2D eigenvalue weighted by Crippen LogP contribution is -2.16. The first-order valence-electron chi connectivity index (χ1n) is 21.1. The van der Waals surface area contributed by atoms with Crippen molar-refractivity contribution in [1.82, 2.24) is 15.0 Å². The van der Waals surface area contributed by atoms with E-state index in [1.54, 1.807) is 0 Å². The van der Waals surface area contributed by atoms with Crippen molar-refractivity contribution in [3.05, 3.63) is 198 Å². The van der Waals surface area contributed by atoms with Gasteiger partial charge in [0.15, 0.2) is 17.5 Å². The third kappa shape index (κ3) is 5.45. The van der Waals surface area contributed by atoms with E-state index in [2.05, 4.69) is 179 Å². The molecule has 2 aromatic heterocycles. The van der Waals surface area contributed by atoms with Crippen molar-refractivity contribution in [1.29, 1.82) is 0 Å². The first-order chi connectivity index (χ1) is 29.7. The van der Waals surface area contributed by atoms with Gasteiger partial charge in [-0.3, -0.25) is 0 Å². The first-order valence-corrected chi connectivity index (χ1v) is 21.9. The van der Waals surface area contributed by atoms with E-state index >= 15 is 0 Å². The predicted octanol–water partition coefficient (Wildman–Crippen LogP) is 15.2. The van der Waals surface area contributed by atoms with Gasteiger partial charge in [0.2, 0.25) is 0 Å². The van der Waals surface area contributed by atoms with Gasteiger partial charge in [-0.1, -0.05) is 173 Å². The van der Waals surface area contributed by atoms with E-state index < -0.39 is 0 Å². The van der Waals surface area contributed by atoms with Crippen LogP contribution in [0.4, 0.5) is 0 Å². The van der Waals surface area contributed by atoms with Crippen molar-refractivity contribution in [3.63, 3.8) is 0 Å². The van der Waals surface area contributed by atoms with Crippen LogP contribution < -0.4 is 0 Å². The molecule has 3 nitrogen and oxygen atoms in total. The summed E-state index contributed by atoms with van der Waals surface area (Å²) in [5.74, 6) is 1.99. The summed E-state index contributed by atoms with van der Waals surface area (Å²) >= 11 is 1.81. The molecule has 0 spiro atoms. The maximum Gasteiger partial charge on any atom is 0.165 e. The van der Waals surface area contributed by atoms with Gasteiger partial charge >= 0.3 is 0 Å². The van der Waals surface area contributed by atoms with Crippen molar-refractivity contribution in [2.45, 2.75) is 38.5 Å². The molecule has 0 saturated heterocycles. The number of thiophene rings is 1. The number of benzene rings is 8. The van der Waals surface area contributed by atoms with Crippen molar-refractivity contribution in [3.8, 4) is 78.7 Å². The van der Waals surface area contributed by atoms with Crippen LogP contribution in [0.5, 0.6) is 0 Å². The molecule has 8 aromatic carbocycles. The summed E-state index contributed by atoms with van der Waals surface area (Å²) in [6, 6.07) is 63.7. The van der Waals surface area contributed by atoms with Gasteiger partial charge < -0.3 is 0 Å². The predicted molar refractivity (Wildman–Crippen MR) is 255 cm³/mol. The highest BCUT2D eigenvalue weighted by atomic mass is 32.1. The van der Waals surface area contributed by atoms with Crippen molar-refractivity contribution >= 4 is 31.5 Å². The van der Waals surface area contributed by atoms with Crippen LogP contribution in [0.3, 0.4) is 0 Å². The van der Waals surface area contributed by atoms with Crippen LogP contribution >= 0.6 is 11.3 Å². The van der Waals surface area contributed by atoms with E-state index in [9.17, 15) is 0 Å². The second-order valence-electron chi connectivity index (χ2n) is 17.6. The van der Waals surface area contributed by atoms with E-state index in [1.807, 2.05) is 35.6 Å². The molecule has 10 aromatic rings. The van der Waals surface area contributed by atoms with Crippen molar-refractivity contribution in [2.24, 2.45) is 0 Å². The number of hydrogen-bond acceptors (Lipinski definition) is 4. The zero-order chi connectivity index (χ0) is 41.0. The van der Waals surface area contributed by atoms with Crippen molar-refractivity contribution < 1.29 is 0 Å². The average molecular weight is 800 g/mol. The van der Waals surface area contributed by atoms with Crippen LogP contribution in [-0.2, 0) is 10.8 Å². The maximum atomic E-state index is 5.19. The molecule has 12 rings (SSSR count). The highest BCUT2D eigenvalue weighted by Gasteiger charge is 2.42. The molecule has 290 valence electrons. The molecule has 61 heavy (non-hydrogen) atoms. The third-order valence-electron chi connectivity index (χ3n) is 13.4. The lowest BCUT2D eigenvalue weighted by molar-refractivity contribution is 0.652. The molecule has 0 aliphatic heterocycles. The van der Waals surface area contributed by atoms with Crippen LogP contribution in [0.25, 0.3) is 98.8 Å². The summed E-state index contributed by atoms with van der Waals surface area (Å²) in [5.41, 5.74) is 18.7. The Kier molecular flexibility index (Phi) is 7.79. The number of rotatable bonds is 5. The van der Waals surface area contributed by atoms with Gasteiger partial charge in [-0.15, -0.1) is 11.3 Å². The normalized spacial score (nSPS) is 14.2. The second-order valence-corrected chi connectivity index (χ2v) is 18.6. The number of aromatic nitrogens is 3. The average Bonchev–Trinajstić information content (AvgIpc) is 3.88. The smallest absolute Gasteiger partial charge is 0.165 e. The quantitative estimate of drug-likeness (QED) is 0.174. The molecule has 0 bridgehead atoms. The molecular weight excluding hydrogens is 759 g/mol. The topological polar surface area (TPSA) is 38.7 Å². The van der Waals surface area contributed by atoms with Gasteiger partial charge in [0, 0.05) is 47.7 Å². The molecule has 0 amide bonds. The Labute approximate surface area is 360 Å². The van der Waals surface area contributed by atoms with Gasteiger partial charge in [0.1, 0.15) is 0 Å². The summed E-state index contributed by atoms with van der Waals surface area (Å²) in [6.07, 6.45) is 0. The van der Waals surface area contributed by atoms with Gasteiger partial charge in [-0.2, -0.15) is 0 Å². The van der Waals surface area contributed by atoms with E-state index in [1.165, 1.54) is 81.4 Å². The Bertz CT molecular complexity index is 3400. The fourth-order valence-corrected chi connectivity index (χ4v) is 11.3. The van der Waals surface area contributed by atoms with Crippen LogP contribution in [-0.4, -0.2) is 15.0 Å². The molecule has 4 heteroatoms. The fourth-order valence-electron chi connectivity index (χ4n) is 10.1. The van der Waals surface area contributed by atoms with Crippen LogP contribution in [0.1, 0.15) is 49.9 Å². The Morgan fingerprint density at radius 1 is 0.344 bits per heavy atom. The lowest BCUT2D eigenvalue weighted by atomic mass is 9.79. The summed E-state index contributed by atoms with van der Waals surface area (Å²) < 4.78 is 2.42. The minimum atomic E-state index is -0.128. The van der Waals surface area contributed by atoms with Crippen LogP contribution in [0, 0.1) is 0 Å². The Morgan fingerprint density at radius 2 is 0.869 bits per heavy atom.